The Bertz CT molecular complexity index is 854. The summed E-state index contributed by atoms with van der Waals surface area (Å²) in [5, 5.41) is 0.531. The minimum absolute atomic E-state index is 0.176. The van der Waals surface area contributed by atoms with E-state index < -0.39 is 11.7 Å². The smallest absolute Gasteiger partial charge is 0.286 e. The number of carbonyl (C=O) groups is 1. The normalized spacial score (nSPS) is 14.5. The van der Waals surface area contributed by atoms with Crippen LogP contribution in [0.3, 0.4) is 0 Å². The number of carbonyl (C=O) groups excluding carboxylic acids is 1. The van der Waals surface area contributed by atoms with Crippen LogP contribution in [-0.4, -0.2) is 29.1 Å². The fourth-order valence-corrected chi connectivity index (χ4v) is 3.95. The zero-order valence-electron chi connectivity index (χ0n) is 13.5. The van der Waals surface area contributed by atoms with Crippen LogP contribution in [0.25, 0.3) is 0 Å². The number of hydrogen-bond acceptors (Lipinski definition) is 3. The van der Waals surface area contributed by atoms with Crippen molar-refractivity contribution in [1.29, 1.82) is 0 Å². The number of thioether (sulfide) groups is 1. The molecule has 0 fully saturated rings. The Morgan fingerprint density at radius 1 is 1.19 bits per heavy atom. The van der Waals surface area contributed by atoms with Gasteiger partial charge in [0.25, 0.3) is 5.91 Å². The molecule has 0 radical (unpaired) electrons. The Balaban J connectivity index is 1.70. The molecule has 0 aromatic heterocycles. The van der Waals surface area contributed by atoms with E-state index in [1.54, 1.807) is 29.2 Å². The Hall–Kier alpha value is -1.80. The lowest BCUT2D eigenvalue weighted by Gasteiger charge is -2.18. The number of rotatable bonds is 3. The zero-order valence-corrected chi connectivity index (χ0v) is 15.9. The van der Waals surface area contributed by atoms with Crippen LogP contribution in [0.4, 0.5) is 13.2 Å². The van der Waals surface area contributed by atoms with Gasteiger partial charge in [-0.3, -0.25) is 14.7 Å². The van der Waals surface area contributed by atoms with E-state index in [-0.39, 0.29) is 5.91 Å². The molecule has 3 nitrogen and oxygen atoms in total. The summed E-state index contributed by atoms with van der Waals surface area (Å²) < 4.78 is 39.1. The van der Waals surface area contributed by atoms with Crippen molar-refractivity contribution in [3.05, 3.63) is 69.7 Å². The fraction of sp³-hybridized carbons (Fsp3) is 0.222. The van der Waals surface area contributed by atoms with E-state index in [4.69, 9.17) is 0 Å². The Morgan fingerprint density at radius 3 is 2.69 bits per heavy atom. The first-order chi connectivity index (χ1) is 12.4. The second kappa shape index (κ2) is 7.84. The van der Waals surface area contributed by atoms with Gasteiger partial charge in [-0.15, -0.1) is 0 Å². The number of alkyl halides is 3. The summed E-state index contributed by atoms with van der Waals surface area (Å²) in [7, 11) is 0. The van der Waals surface area contributed by atoms with Crippen LogP contribution >= 0.6 is 27.7 Å². The van der Waals surface area contributed by atoms with Gasteiger partial charge >= 0.3 is 6.18 Å². The number of benzene rings is 2. The lowest BCUT2D eigenvalue weighted by molar-refractivity contribution is -0.137. The SMILES string of the molecule is O=C(c1ccccc1Br)N1CCN=C1SCc1cccc(C(F)(F)F)c1. The second-order valence-corrected chi connectivity index (χ2v) is 7.38. The van der Waals surface area contributed by atoms with Crippen LogP contribution in [-0.2, 0) is 11.9 Å². The average Bonchev–Trinajstić information content (AvgIpc) is 3.08. The highest BCUT2D eigenvalue weighted by molar-refractivity contribution is 9.10. The van der Waals surface area contributed by atoms with Crippen molar-refractivity contribution in [2.75, 3.05) is 13.1 Å². The van der Waals surface area contributed by atoms with Gasteiger partial charge < -0.3 is 0 Å². The van der Waals surface area contributed by atoms with Crippen LogP contribution in [0.1, 0.15) is 21.5 Å². The van der Waals surface area contributed by atoms with Crippen LogP contribution < -0.4 is 0 Å². The first-order valence-electron chi connectivity index (χ1n) is 7.76. The van der Waals surface area contributed by atoms with Crippen LogP contribution in [0, 0.1) is 0 Å². The third kappa shape index (κ3) is 4.29. The van der Waals surface area contributed by atoms with Crippen LogP contribution in [0.15, 0.2) is 58.0 Å². The molecule has 0 saturated heterocycles. The maximum absolute atomic E-state index is 12.8. The molecule has 1 amide bonds. The Morgan fingerprint density at radius 2 is 1.96 bits per heavy atom. The molecule has 2 aromatic rings. The van der Waals surface area contributed by atoms with E-state index in [1.165, 1.54) is 17.8 Å². The van der Waals surface area contributed by atoms with Gasteiger partial charge in [0.2, 0.25) is 0 Å². The van der Waals surface area contributed by atoms with Crippen molar-refractivity contribution >= 4 is 38.8 Å². The van der Waals surface area contributed by atoms with E-state index >= 15 is 0 Å². The minimum Gasteiger partial charge on any atom is -0.286 e. The molecule has 1 heterocycles. The molecule has 1 aliphatic heterocycles. The molecule has 0 N–H and O–H groups in total. The van der Waals surface area contributed by atoms with Gasteiger partial charge in [0, 0.05) is 16.8 Å². The molecule has 0 bridgehead atoms. The highest BCUT2D eigenvalue weighted by Crippen LogP contribution is 2.31. The number of halogens is 4. The molecular weight excluding hydrogens is 429 g/mol. The topological polar surface area (TPSA) is 32.7 Å². The molecular formula is C18H14BrF3N2OS. The molecule has 3 rings (SSSR count). The molecule has 26 heavy (non-hydrogen) atoms. The van der Waals surface area contributed by atoms with Gasteiger partial charge in [0.05, 0.1) is 17.7 Å². The van der Waals surface area contributed by atoms with E-state index in [1.807, 2.05) is 6.07 Å². The van der Waals surface area contributed by atoms with Gasteiger partial charge in [0.15, 0.2) is 5.17 Å². The maximum Gasteiger partial charge on any atom is 0.416 e. The first-order valence-corrected chi connectivity index (χ1v) is 9.54. The van der Waals surface area contributed by atoms with Crippen molar-refractivity contribution in [3.63, 3.8) is 0 Å². The predicted octanol–water partition coefficient (Wildman–Crippen LogP) is 5.21. The summed E-state index contributed by atoms with van der Waals surface area (Å²) in [5.41, 5.74) is 0.389. The molecule has 0 saturated carbocycles. The Kier molecular flexibility index (Phi) is 5.72. The fourth-order valence-electron chi connectivity index (χ4n) is 2.50. The monoisotopic (exact) mass is 442 g/mol. The van der Waals surface area contributed by atoms with Gasteiger partial charge in [-0.25, -0.2) is 0 Å². The quantitative estimate of drug-likeness (QED) is 0.653. The summed E-state index contributed by atoms with van der Waals surface area (Å²) in [4.78, 5) is 18.6. The first kappa shape index (κ1) is 19.0. The summed E-state index contributed by atoms with van der Waals surface area (Å²) in [6.07, 6.45) is -4.37. The number of aliphatic imine (C=N–C) groups is 1. The molecule has 2 aromatic carbocycles. The van der Waals surface area contributed by atoms with Crippen molar-refractivity contribution in [3.8, 4) is 0 Å². The number of nitrogens with zero attached hydrogens (tertiary/aromatic N) is 2. The lowest BCUT2D eigenvalue weighted by Crippen LogP contribution is -2.33. The molecule has 1 aliphatic rings. The second-order valence-electron chi connectivity index (χ2n) is 5.59. The number of amidine groups is 1. The summed E-state index contributed by atoms with van der Waals surface area (Å²) in [6, 6.07) is 12.3. The van der Waals surface area contributed by atoms with Gasteiger partial charge in [-0.05, 0) is 39.7 Å². The molecule has 0 aliphatic carbocycles. The molecule has 136 valence electrons. The minimum atomic E-state index is -4.37. The van der Waals surface area contributed by atoms with Crippen LogP contribution in [0.5, 0.6) is 0 Å². The van der Waals surface area contributed by atoms with Gasteiger partial charge in [0.1, 0.15) is 0 Å². The largest absolute Gasteiger partial charge is 0.416 e. The maximum atomic E-state index is 12.8. The molecule has 0 spiro atoms. The predicted molar refractivity (Wildman–Crippen MR) is 100 cm³/mol. The highest BCUT2D eigenvalue weighted by Gasteiger charge is 2.30. The summed E-state index contributed by atoms with van der Waals surface area (Å²) >= 11 is 4.63. The van der Waals surface area contributed by atoms with Crippen molar-refractivity contribution in [2.24, 2.45) is 4.99 Å². The average molecular weight is 443 g/mol. The van der Waals surface area contributed by atoms with Crippen molar-refractivity contribution in [1.82, 2.24) is 4.90 Å². The van der Waals surface area contributed by atoms with E-state index in [0.29, 0.717) is 39.6 Å². The molecule has 0 atom stereocenters. The summed E-state index contributed by atoms with van der Waals surface area (Å²) in [6.45, 7) is 0.951. The number of amides is 1. The zero-order chi connectivity index (χ0) is 18.7. The van der Waals surface area contributed by atoms with E-state index in [0.717, 1.165) is 12.1 Å². The summed E-state index contributed by atoms with van der Waals surface area (Å²) in [5.74, 6) is 0.132. The standard InChI is InChI=1S/C18H14BrF3N2OS/c19-15-7-2-1-6-14(15)16(25)24-9-8-23-17(24)26-11-12-4-3-5-13(10-12)18(20,21)22/h1-7,10H,8-9,11H2. The lowest BCUT2D eigenvalue weighted by atomic mass is 10.1. The van der Waals surface area contributed by atoms with E-state index in [2.05, 4.69) is 20.9 Å². The van der Waals surface area contributed by atoms with Gasteiger partial charge in [-0.2, -0.15) is 13.2 Å². The molecule has 0 unspecified atom stereocenters. The van der Waals surface area contributed by atoms with Crippen molar-refractivity contribution in [2.45, 2.75) is 11.9 Å². The number of hydrogen-bond donors (Lipinski definition) is 0. The van der Waals surface area contributed by atoms with Crippen LogP contribution in [0.2, 0.25) is 0 Å². The van der Waals surface area contributed by atoms with E-state index in [9.17, 15) is 18.0 Å². The van der Waals surface area contributed by atoms with Crippen molar-refractivity contribution < 1.29 is 18.0 Å². The highest BCUT2D eigenvalue weighted by atomic mass is 79.9. The van der Waals surface area contributed by atoms with Gasteiger partial charge in [-0.1, -0.05) is 42.1 Å². The third-order valence-electron chi connectivity index (χ3n) is 3.77. The third-order valence-corrected chi connectivity index (χ3v) is 5.55. The Labute approximate surface area is 161 Å². The molecule has 8 heteroatoms.